The minimum atomic E-state index is 0.309. The highest BCUT2D eigenvalue weighted by Gasteiger charge is 2.40. The van der Waals surface area contributed by atoms with Crippen LogP contribution in [0.5, 0.6) is 0 Å². The second-order valence-corrected chi connectivity index (χ2v) is 7.25. The molecule has 20 heavy (non-hydrogen) atoms. The molecule has 0 bridgehead atoms. The second-order valence-electron chi connectivity index (χ2n) is 7.25. The molecule has 3 fully saturated rings. The van der Waals surface area contributed by atoms with Crippen molar-refractivity contribution in [2.45, 2.75) is 51.1 Å². The molecule has 1 saturated carbocycles. The number of likely N-dealkylation sites (tertiary alicyclic amines) is 1. The van der Waals surface area contributed by atoms with Gasteiger partial charge in [0.2, 0.25) is 0 Å². The maximum atomic E-state index is 9.67. The molecule has 0 aromatic carbocycles. The van der Waals surface area contributed by atoms with Crippen LogP contribution in [0.2, 0.25) is 0 Å². The summed E-state index contributed by atoms with van der Waals surface area (Å²) in [6.07, 6.45) is 6.26. The van der Waals surface area contributed by atoms with Crippen LogP contribution in [0.25, 0.3) is 0 Å². The largest absolute Gasteiger partial charge is 0.395 e. The van der Waals surface area contributed by atoms with Gasteiger partial charge in [-0.25, -0.2) is 0 Å². The molecule has 2 saturated heterocycles. The van der Waals surface area contributed by atoms with Crippen LogP contribution in [0.15, 0.2) is 0 Å². The van der Waals surface area contributed by atoms with Crippen LogP contribution in [-0.4, -0.2) is 61.5 Å². The van der Waals surface area contributed by atoms with Crippen molar-refractivity contribution < 1.29 is 9.84 Å². The van der Waals surface area contributed by atoms with Crippen LogP contribution in [0, 0.1) is 11.3 Å². The molecule has 1 aliphatic carbocycles. The van der Waals surface area contributed by atoms with E-state index in [0.717, 1.165) is 51.7 Å². The molecular weight excluding hydrogens is 252 g/mol. The van der Waals surface area contributed by atoms with Gasteiger partial charge in [0.15, 0.2) is 0 Å². The molecule has 0 aromatic rings. The molecule has 4 nitrogen and oxygen atoms in total. The molecule has 2 atom stereocenters. The third-order valence-electron chi connectivity index (χ3n) is 5.62. The van der Waals surface area contributed by atoms with E-state index in [1.54, 1.807) is 0 Å². The third kappa shape index (κ3) is 3.35. The molecule has 0 spiro atoms. The maximum absolute atomic E-state index is 9.67. The zero-order valence-corrected chi connectivity index (χ0v) is 12.8. The van der Waals surface area contributed by atoms with Gasteiger partial charge in [0.25, 0.3) is 0 Å². The monoisotopic (exact) mass is 282 g/mol. The fourth-order valence-electron chi connectivity index (χ4n) is 3.85. The van der Waals surface area contributed by atoms with Gasteiger partial charge in [-0.1, -0.05) is 6.92 Å². The molecule has 0 radical (unpaired) electrons. The number of rotatable bonds is 6. The second kappa shape index (κ2) is 6.30. The molecule has 3 rings (SSSR count). The van der Waals surface area contributed by atoms with Gasteiger partial charge in [0, 0.05) is 38.4 Å². The first-order chi connectivity index (χ1) is 9.72. The Balaban J connectivity index is 1.62. The predicted molar refractivity (Wildman–Crippen MR) is 79.7 cm³/mol. The molecular formula is C16H30N2O2. The van der Waals surface area contributed by atoms with E-state index in [9.17, 15) is 5.11 Å². The van der Waals surface area contributed by atoms with Gasteiger partial charge >= 0.3 is 0 Å². The Morgan fingerprint density at radius 2 is 2.00 bits per heavy atom. The standard InChI is InChI=1S/C16H30N2O2/c1-13-4-7-18(15(13)10-19)12-16(5-8-20-9-6-16)11-17-14-2-3-14/h13-15,17,19H,2-12H2,1H3. The van der Waals surface area contributed by atoms with Crippen molar-refractivity contribution >= 4 is 0 Å². The number of hydrogen-bond donors (Lipinski definition) is 2. The number of ether oxygens (including phenoxy) is 1. The highest BCUT2D eigenvalue weighted by molar-refractivity contribution is 4.94. The zero-order valence-electron chi connectivity index (χ0n) is 12.8. The number of nitrogens with zero attached hydrogens (tertiary/aromatic N) is 1. The molecule has 3 aliphatic rings. The fraction of sp³-hybridized carbons (Fsp3) is 1.00. The van der Waals surface area contributed by atoms with Gasteiger partial charge in [0.1, 0.15) is 0 Å². The summed E-state index contributed by atoms with van der Waals surface area (Å²) in [5, 5.41) is 13.4. The average Bonchev–Trinajstić information content (AvgIpc) is 3.23. The highest BCUT2D eigenvalue weighted by atomic mass is 16.5. The van der Waals surface area contributed by atoms with Gasteiger partial charge in [-0.15, -0.1) is 0 Å². The Morgan fingerprint density at radius 1 is 1.25 bits per heavy atom. The SMILES string of the molecule is CC1CCN(CC2(CNC3CC3)CCOCC2)C1CO. The van der Waals surface area contributed by atoms with Crippen LogP contribution in [-0.2, 0) is 4.74 Å². The lowest BCUT2D eigenvalue weighted by atomic mass is 9.79. The highest BCUT2D eigenvalue weighted by Crippen LogP contribution is 2.35. The number of aliphatic hydroxyl groups is 1. The van der Waals surface area contributed by atoms with Crippen molar-refractivity contribution in [3.63, 3.8) is 0 Å². The lowest BCUT2D eigenvalue weighted by Crippen LogP contribution is -2.50. The summed E-state index contributed by atoms with van der Waals surface area (Å²) in [5.74, 6) is 0.633. The minimum absolute atomic E-state index is 0.309. The molecule has 2 N–H and O–H groups in total. The Labute approximate surface area is 122 Å². The summed E-state index contributed by atoms with van der Waals surface area (Å²) >= 11 is 0. The summed E-state index contributed by atoms with van der Waals surface area (Å²) in [6.45, 7) is 7.80. The van der Waals surface area contributed by atoms with E-state index < -0.39 is 0 Å². The number of nitrogens with one attached hydrogen (secondary N) is 1. The van der Waals surface area contributed by atoms with Crippen LogP contribution in [0.1, 0.15) is 39.0 Å². The lowest BCUT2D eigenvalue weighted by Gasteiger charge is -2.42. The van der Waals surface area contributed by atoms with E-state index in [1.807, 2.05) is 0 Å². The number of aliphatic hydroxyl groups excluding tert-OH is 1. The van der Waals surface area contributed by atoms with Crippen molar-refractivity contribution in [3.8, 4) is 0 Å². The summed E-state index contributed by atoms with van der Waals surface area (Å²) in [5.41, 5.74) is 0.359. The van der Waals surface area contributed by atoms with E-state index in [4.69, 9.17) is 4.74 Å². The average molecular weight is 282 g/mol. The summed E-state index contributed by atoms with van der Waals surface area (Å²) in [7, 11) is 0. The van der Waals surface area contributed by atoms with Gasteiger partial charge < -0.3 is 15.2 Å². The molecule has 4 heteroatoms. The topological polar surface area (TPSA) is 44.7 Å². The van der Waals surface area contributed by atoms with E-state index >= 15 is 0 Å². The Kier molecular flexibility index (Phi) is 4.65. The van der Waals surface area contributed by atoms with E-state index in [1.165, 1.54) is 19.3 Å². The van der Waals surface area contributed by atoms with Crippen LogP contribution < -0.4 is 5.32 Å². The van der Waals surface area contributed by atoms with Crippen LogP contribution >= 0.6 is 0 Å². The normalized spacial score (nSPS) is 34.5. The van der Waals surface area contributed by atoms with Gasteiger partial charge in [-0.3, -0.25) is 4.90 Å². The maximum Gasteiger partial charge on any atom is 0.0589 e. The molecule has 2 unspecified atom stereocenters. The minimum Gasteiger partial charge on any atom is -0.395 e. The quantitative estimate of drug-likeness (QED) is 0.769. The van der Waals surface area contributed by atoms with Crippen LogP contribution in [0.4, 0.5) is 0 Å². The lowest BCUT2D eigenvalue weighted by molar-refractivity contribution is -0.0121. The molecule has 0 aromatic heterocycles. The van der Waals surface area contributed by atoms with Crippen molar-refractivity contribution in [3.05, 3.63) is 0 Å². The Morgan fingerprint density at radius 3 is 2.65 bits per heavy atom. The zero-order chi connectivity index (χ0) is 14.0. The van der Waals surface area contributed by atoms with Gasteiger partial charge in [-0.2, -0.15) is 0 Å². The van der Waals surface area contributed by atoms with E-state index in [2.05, 4.69) is 17.1 Å². The third-order valence-corrected chi connectivity index (χ3v) is 5.62. The first-order valence-corrected chi connectivity index (χ1v) is 8.38. The Hall–Kier alpha value is -0.160. The van der Waals surface area contributed by atoms with E-state index in [0.29, 0.717) is 24.0 Å². The van der Waals surface area contributed by atoms with Crippen molar-refractivity contribution in [2.75, 3.05) is 39.5 Å². The van der Waals surface area contributed by atoms with Gasteiger partial charge in [0.05, 0.1) is 6.61 Å². The molecule has 2 heterocycles. The summed E-state index contributed by atoms with van der Waals surface area (Å²) in [6, 6.07) is 1.15. The van der Waals surface area contributed by atoms with Crippen molar-refractivity contribution in [1.82, 2.24) is 10.2 Å². The summed E-state index contributed by atoms with van der Waals surface area (Å²) < 4.78 is 5.59. The predicted octanol–water partition coefficient (Wildman–Crippen LogP) is 1.24. The first-order valence-electron chi connectivity index (χ1n) is 8.38. The molecule has 116 valence electrons. The fourth-order valence-corrected chi connectivity index (χ4v) is 3.85. The van der Waals surface area contributed by atoms with Gasteiger partial charge in [-0.05, 0) is 50.0 Å². The number of hydrogen-bond acceptors (Lipinski definition) is 4. The van der Waals surface area contributed by atoms with Crippen LogP contribution in [0.3, 0.4) is 0 Å². The smallest absolute Gasteiger partial charge is 0.0589 e. The summed E-state index contributed by atoms with van der Waals surface area (Å²) in [4.78, 5) is 2.55. The molecule has 2 aliphatic heterocycles. The first kappa shape index (κ1) is 14.8. The van der Waals surface area contributed by atoms with E-state index in [-0.39, 0.29) is 0 Å². The Bertz CT molecular complexity index is 314. The van der Waals surface area contributed by atoms with Crippen molar-refractivity contribution in [1.29, 1.82) is 0 Å². The van der Waals surface area contributed by atoms with Crippen molar-refractivity contribution in [2.24, 2.45) is 11.3 Å². The molecule has 0 amide bonds.